The Morgan fingerprint density at radius 2 is 2.05 bits per heavy atom. The number of rotatable bonds is 3. The molecule has 0 unspecified atom stereocenters. The van der Waals surface area contributed by atoms with Crippen LogP contribution in [0.4, 0.5) is 0 Å². The summed E-state index contributed by atoms with van der Waals surface area (Å²) in [6.07, 6.45) is 3.71. The number of nitrogens with zero attached hydrogens (tertiary/aromatic N) is 1. The molecule has 106 valence electrons. The third-order valence-electron chi connectivity index (χ3n) is 4.12. The Hall–Kier alpha value is -1.39. The van der Waals surface area contributed by atoms with Gasteiger partial charge in [0.05, 0.1) is 11.2 Å². The summed E-state index contributed by atoms with van der Waals surface area (Å²) in [6.45, 7) is 0.427. The van der Waals surface area contributed by atoms with Gasteiger partial charge in [-0.1, -0.05) is 31.0 Å². The van der Waals surface area contributed by atoms with Gasteiger partial charge in [0.25, 0.3) is 5.91 Å². The van der Waals surface area contributed by atoms with Crippen LogP contribution < -0.4 is 0 Å². The Morgan fingerprint density at radius 3 is 2.80 bits per heavy atom. The van der Waals surface area contributed by atoms with Crippen LogP contribution in [0.25, 0.3) is 10.1 Å². The molecule has 3 nitrogen and oxygen atoms in total. The molecule has 1 amide bonds. The van der Waals surface area contributed by atoms with E-state index in [1.807, 2.05) is 29.6 Å². The molecule has 1 N–H and O–H groups in total. The van der Waals surface area contributed by atoms with Crippen LogP contribution >= 0.6 is 11.3 Å². The highest BCUT2D eigenvalue weighted by atomic mass is 32.1. The minimum atomic E-state index is -0.684. The van der Waals surface area contributed by atoms with Crippen molar-refractivity contribution in [3.8, 4) is 0 Å². The second-order valence-electron chi connectivity index (χ2n) is 5.74. The average Bonchev–Trinajstić information content (AvgIpc) is 3.04. The Labute approximate surface area is 122 Å². The molecule has 1 saturated carbocycles. The first-order chi connectivity index (χ1) is 9.59. The summed E-state index contributed by atoms with van der Waals surface area (Å²) in [5, 5.41) is 13.4. The van der Waals surface area contributed by atoms with Gasteiger partial charge in [-0.25, -0.2) is 0 Å². The molecule has 1 aliphatic rings. The molecule has 1 fully saturated rings. The van der Waals surface area contributed by atoms with E-state index in [-0.39, 0.29) is 5.91 Å². The van der Waals surface area contributed by atoms with Crippen molar-refractivity contribution in [3.63, 3.8) is 0 Å². The van der Waals surface area contributed by atoms with E-state index in [0.29, 0.717) is 6.54 Å². The van der Waals surface area contributed by atoms with Gasteiger partial charge in [0.15, 0.2) is 0 Å². The predicted molar refractivity (Wildman–Crippen MR) is 82.2 cm³/mol. The normalized spacial score (nSPS) is 17.5. The van der Waals surface area contributed by atoms with Crippen LogP contribution in [-0.4, -0.2) is 35.1 Å². The number of thiophene rings is 1. The minimum Gasteiger partial charge on any atom is -0.388 e. The maximum atomic E-state index is 12.6. The number of likely N-dealkylation sites (N-methyl/N-ethyl adjacent to an activating group) is 1. The number of aliphatic hydroxyl groups is 1. The molecule has 0 aliphatic heterocycles. The summed E-state index contributed by atoms with van der Waals surface area (Å²) in [5.74, 6) is 0.00257. The van der Waals surface area contributed by atoms with E-state index >= 15 is 0 Å². The fourth-order valence-corrected chi connectivity index (χ4v) is 3.99. The Balaban J connectivity index is 1.81. The van der Waals surface area contributed by atoms with Crippen LogP contribution in [0.3, 0.4) is 0 Å². The standard InChI is InChI=1S/C16H19NO2S/c1-17(11-16(19)8-4-5-9-16)15(18)13-10-20-14-7-3-2-6-12(13)14/h2-3,6-7,10,19H,4-5,8-9,11H2,1H3. The van der Waals surface area contributed by atoms with Crippen molar-refractivity contribution in [1.82, 2.24) is 4.90 Å². The van der Waals surface area contributed by atoms with E-state index in [0.717, 1.165) is 41.3 Å². The van der Waals surface area contributed by atoms with Gasteiger partial charge in [0.2, 0.25) is 0 Å². The molecule has 4 heteroatoms. The molecule has 2 aromatic rings. The first-order valence-corrected chi connectivity index (χ1v) is 7.91. The van der Waals surface area contributed by atoms with Crippen LogP contribution in [0.5, 0.6) is 0 Å². The van der Waals surface area contributed by atoms with Crippen molar-refractivity contribution in [3.05, 3.63) is 35.2 Å². The summed E-state index contributed by atoms with van der Waals surface area (Å²) >= 11 is 1.59. The summed E-state index contributed by atoms with van der Waals surface area (Å²) in [6, 6.07) is 7.95. The molecular formula is C16H19NO2S. The van der Waals surface area contributed by atoms with E-state index < -0.39 is 5.60 Å². The van der Waals surface area contributed by atoms with Gasteiger partial charge in [-0.15, -0.1) is 11.3 Å². The van der Waals surface area contributed by atoms with E-state index in [4.69, 9.17) is 0 Å². The lowest BCUT2D eigenvalue weighted by Gasteiger charge is -2.28. The zero-order valence-electron chi connectivity index (χ0n) is 11.6. The van der Waals surface area contributed by atoms with Crippen molar-refractivity contribution in [1.29, 1.82) is 0 Å². The van der Waals surface area contributed by atoms with E-state index in [1.165, 1.54) is 0 Å². The van der Waals surface area contributed by atoms with Crippen molar-refractivity contribution in [2.24, 2.45) is 0 Å². The fourth-order valence-electron chi connectivity index (χ4n) is 3.05. The van der Waals surface area contributed by atoms with E-state index in [2.05, 4.69) is 0 Å². The third-order valence-corrected chi connectivity index (χ3v) is 5.09. The zero-order chi connectivity index (χ0) is 14.2. The first kappa shape index (κ1) is 13.6. The number of fused-ring (bicyclic) bond motifs is 1. The molecule has 0 spiro atoms. The molecule has 1 aliphatic carbocycles. The molecular weight excluding hydrogens is 270 g/mol. The maximum absolute atomic E-state index is 12.6. The highest BCUT2D eigenvalue weighted by Crippen LogP contribution is 2.31. The maximum Gasteiger partial charge on any atom is 0.255 e. The zero-order valence-corrected chi connectivity index (χ0v) is 12.4. The lowest BCUT2D eigenvalue weighted by atomic mass is 10.0. The van der Waals surface area contributed by atoms with Crippen LogP contribution in [-0.2, 0) is 0 Å². The molecule has 1 aromatic heterocycles. The van der Waals surface area contributed by atoms with Crippen molar-refractivity contribution in [2.45, 2.75) is 31.3 Å². The topological polar surface area (TPSA) is 40.5 Å². The summed E-state index contributed by atoms with van der Waals surface area (Å²) in [5.41, 5.74) is 0.0608. The van der Waals surface area contributed by atoms with Crippen molar-refractivity contribution < 1.29 is 9.90 Å². The van der Waals surface area contributed by atoms with Gasteiger partial charge in [-0.05, 0) is 18.9 Å². The van der Waals surface area contributed by atoms with E-state index in [9.17, 15) is 9.90 Å². The molecule has 0 atom stereocenters. The summed E-state index contributed by atoms with van der Waals surface area (Å²) in [7, 11) is 1.78. The van der Waals surface area contributed by atoms with Crippen molar-refractivity contribution >= 4 is 27.3 Å². The lowest BCUT2D eigenvalue weighted by molar-refractivity contribution is 0.0157. The smallest absolute Gasteiger partial charge is 0.255 e. The average molecular weight is 289 g/mol. The number of hydrogen-bond donors (Lipinski definition) is 1. The van der Waals surface area contributed by atoms with Crippen LogP contribution in [0.1, 0.15) is 36.0 Å². The third kappa shape index (κ3) is 2.45. The SMILES string of the molecule is CN(CC1(O)CCCC1)C(=O)c1csc2ccccc12. The molecule has 0 saturated heterocycles. The molecule has 20 heavy (non-hydrogen) atoms. The lowest BCUT2D eigenvalue weighted by Crippen LogP contribution is -2.41. The Kier molecular flexibility index (Phi) is 3.52. The highest BCUT2D eigenvalue weighted by Gasteiger charge is 2.33. The second kappa shape index (κ2) is 5.19. The van der Waals surface area contributed by atoms with Crippen LogP contribution in [0.15, 0.2) is 29.6 Å². The molecule has 0 bridgehead atoms. The Bertz CT molecular complexity index is 628. The fraction of sp³-hybridized carbons (Fsp3) is 0.438. The van der Waals surface area contributed by atoms with Gasteiger partial charge in [0.1, 0.15) is 0 Å². The Morgan fingerprint density at radius 1 is 1.35 bits per heavy atom. The number of benzene rings is 1. The molecule has 1 aromatic carbocycles. The minimum absolute atomic E-state index is 0.00257. The van der Waals surface area contributed by atoms with Gasteiger partial charge >= 0.3 is 0 Å². The first-order valence-electron chi connectivity index (χ1n) is 7.03. The van der Waals surface area contributed by atoms with Crippen LogP contribution in [0.2, 0.25) is 0 Å². The van der Waals surface area contributed by atoms with Gasteiger partial charge in [-0.2, -0.15) is 0 Å². The second-order valence-corrected chi connectivity index (χ2v) is 6.65. The molecule has 3 rings (SSSR count). The van der Waals surface area contributed by atoms with Gasteiger partial charge in [0, 0.05) is 29.1 Å². The number of carbonyl (C=O) groups is 1. The van der Waals surface area contributed by atoms with Gasteiger partial charge < -0.3 is 10.0 Å². The number of hydrogen-bond acceptors (Lipinski definition) is 3. The largest absolute Gasteiger partial charge is 0.388 e. The highest BCUT2D eigenvalue weighted by molar-refractivity contribution is 7.17. The van der Waals surface area contributed by atoms with Crippen LogP contribution in [0, 0.1) is 0 Å². The summed E-state index contributed by atoms with van der Waals surface area (Å²) in [4.78, 5) is 14.2. The molecule has 1 heterocycles. The summed E-state index contributed by atoms with van der Waals surface area (Å²) < 4.78 is 1.13. The number of amides is 1. The van der Waals surface area contributed by atoms with Crippen molar-refractivity contribution in [2.75, 3.05) is 13.6 Å². The van der Waals surface area contributed by atoms with Gasteiger partial charge in [-0.3, -0.25) is 4.79 Å². The predicted octanol–water partition coefficient (Wildman–Crippen LogP) is 3.28. The quantitative estimate of drug-likeness (QED) is 0.942. The molecule has 0 radical (unpaired) electrons. The van der Waals surface area contributed by atoms with E-state index in [1.54, 1.807) is 23.3 Å². The number of carbonyl (C=O) groups excluding carboxylic acids is 1. The monoisotopic (exact) mass is 289 g/mol.